The number of nitrogens with one attached hydrogen (secondary N) is 2. The van der Waals surface area contributed by atoms with Crippen LogP contribution in [0.15, 0.2) is 55.2 Å². The Morgan fingerprint density at radius 1 is 1.24 bits per heavy atom. The number of rotatable bonds is 4. The lowest BCUT2D eigenvalue weighted by atomic mass is 10.1. The summed E-state index contributed by atoms with van der Waals surface area (Å²) in [5.41, 5.74) is 11.9. The largest absolute Gasteiger partial charge is 0.399 e. The fourth-order valence-electron chi connectivity index (χ4n) is 2.59. The van der Waals surface area contributed by atoms with E-state index >= 15 is 0 Å². The molecule has 4 N–H and O–H groups in total. The molecule has 3 aromatic rings. The summed E-state index contributed by atoms with van der Waals surface area (Å²) in [5, 5.41) is 4.60. The molecule has 3 heteroatoms. The number of anilines is 2. The zero-order chi connectivity index (χ0) is 14.8. The van der Waals surface area contributed by atoms with Crippen molar-refractivity contribution in [2.45, 2.75) is 13.3 Å². The number of nitrogens with two attached hydrogens (primary N) is 1. The fraction of sp³-hybridized carbons (Fsp3) is 0.111. The van der Waals surface area contributed by atoms with Gasteiger partial charge in [-0.3, -0.25) is 0 Å². The lowest BCUT2D eigenvalue weighted by molar-refractivity contribution is 1.14. The maximum Gasteiger partial charge on any atom is 0.0548 e. The van der Waals surface area contributed by atoms with Crippen LogP contribution in [0.4, 0.5) is 11.4 Å². The fourth-order valence-corrected chi connectivity index (χ4v) is 2.59. The molecule has 3 nitrogen and oxygen atoms in total. The summed E-state index contributed by atoms with van der Waals surface area (Å²) in [6, 6.07) is 14.2. The molecule has 21 heavy (non-hydrogen) atoms. The van der Waals surface area contributed by atoms with Crippen LogP contribution in [-0.2, 0) is 6.42 Å². The molecule has 1 heterocycles. The predicted octanol–water partition coefficient (Wildman–Crippen LogP) is 4.40. The van der Waals surface area contributed by atoms with Crippen LogP contribution < -0.4 is 11.1 Å². The van der Waals surface area contributed by atoms with Gasteiger partial charge < -0.3 is 16.0 Å². The highest BCUT2D eigenvalue weighted by molar-refractivity contribution is 5.93. The Kier molecular flexibility index (Phi) is 3.40. The highest BCUT2D eigenvalue weighted by Gasteiger charge is 2.08. The van der Waals surface area contributed by atoms with Crippen molar-refractivity contribution in [2.75, 3.05) is 11.1 Å². The minimum atomic E-state index is 0.787. The Labute approximate surface area is 124 Å². The average Bonchev–Trinajstić information content (AvgIpc) is 2.97. The van der Waals surface area contributed by atoms with E-state index in [0.717, 1.165) is 34.6 Å². The van der Waals surface area contributed by atoms with Crippen molar-refractivity contribution in [3.8, 4) is 0 Å². The van der Waals surface area contributed by atoms with Gasteiger partial charge in [0.15, 0.2) is 0 Å². The monoisotopic (exact) mass is 277 g/mol. The lowest BCUT2D eigenvalue weighted by Gasteiger charge is -2.14. The van der Waals surface area contributed by atoms with E-state index in [2.05, 4.69) is 42.0 Å². The number of benzene rings is 2. The molecular weight excluding hydrogens is 258 g/mol. The number of hydrogen-bond acceptors (Lipinski definition) is 2. The standard InChI is InChI=1S/C18H19N3/c1-3-13-11-15(19)7-8-17(13)21-12(2)16-6-4-5-14-9-10-20-18(14)16/h4-11,20-21H,2-3,19H2,1H3. The van der Waals surface area contributed by atoms with Gasteiger partial charge in [0.25, 0.3) is 0 Å². The Balaban J connectivity index is 1.95. The number of fused-ring (bicyclic) bond motifs is 1. The summed E-state index contributed by atoms with van der Waals surface area (Å²) in [7, 11) is 0. The molecule has 0 bridgehead atoms. The van der Waals surface area contributed by atoms with Crippen LogP contribution in [0.5, 0.6) is 0 Å². The SMILES string of the molecule is C=C(Nc1ccc(N)cc1CC)c1cccc2cc[nH]c12. The first-order chi connectivity index (χ1) is 10.2. The molecule has 0 atom stereocenters. The molecule has 1 aromatic heterocycles. The topological polar surface area (TPSA) is 53.8 Å². The molecule has 106 valence electrons. The summed E-state index contributed by atoms with van der Waals surface area (Å²) in [6.45, 7) is 6.30. The average molecular weight is 277 g/mol. The van der Waals surface area contributed by atoms with E-state index in [0.29, 0.717) is 0 Å². The van der Waals surface area contributed by atoms with Crippen LogP contribution in [0, 0.1) is 0 Å². The summed E-state index contributed by atoms with van der Waals surface area (Å²) in [6.07, 6.45) is 2.87. The van der Waals surface area contributed by atoms with Crippen LogP contribution in [0.2, 0.25) is 0 Å². The zero-order valence-corrected chi connectivity index (χ0v) is 12.1. The lowest BCUT2D eigenvalue weighted by Crippen LogP contribution is -2.02. The third kappa shape index (κ3) is 2.50. The van der Waals surface area contributed by atoms with Crippen molar-refractivity contribution in [2.24, 2.45) is 0 Å². The number of aromatic amines is 1. The van der Waals surface area contributed by atoms with Crippen LogP contribution in [-0.4, -0.2) is 4.98 Å². The summed E-state index contributed by atoms with van der Waals surface area (Å²) < 4.78 is 0. The predicted molar refractivity (Wildman–Crippen MR) is 91.2 cm³/mol. The van der Waals surface area contributed by atoms with Crippen molar-refractivity contribution < 1.29 is 0 Å². The van der Waals surface area contributed by atoms with Gasteiger partial charge in [-0.1, -0.05) is 31.7 Å². The van der Waals surface area contributed by atoms with Gasteiger partial charge in [0.2, 0.25) is 0 Å². The first-order valence-electron chi connectivity index (χ1n) is 7.10. The van der Waals surface area contributed by atoms with E-state index in [1.807, 2.05) is 30.5 Å². The van der Waals surface area contributed by atoms with Gasteiger partial charge in [-0.15, -0.1) is 0 Å². The van der Waals surface area contributed by atoms with E-state index in [4.69, 9.17) is 5.73 Å². The van der Waals surface area contributed by atoms with Crippen molar-refractivity contribution in [1.29, 1.82) is 0 Å². The molecule has 0 fully saturated rings. The van der Waals surface area contributed by atoms with E-state index in [1.165, 1.54) is 10.9 Å². The summed E-state index contributed by atoms with van der Waals surface area (Å²) >= 11 is 0. The molecule has 0 radical (unpaired) electrons. The molecule has 3 rings (SSSR count). The van der Waals surface area contributed by atoms with Gasteiger partial charge >= 0.3 is 0 Å². The first-order valence-corrected chi connectivity index (χ1v) is 7.10. The van der Waals surface area contributed by atoms with E-state index in [1.54, 1.807) is 0 Å². The number of aromatic nitrogens is 1. The van der Waals surface area contributed by atoms with Crippen molar-refractivity contribution in [3.05, 3.63) is 66.4 Å². The minimum absolute atomic E-state index is 0.787. The quantitative estimate of drug-likeness (QED) is 0.619. The smallest absolute Gasteiger partial charge is 0.0548 e. The van der Waals surface area contributed by atoms with Gasteiger partial charge in [-0.05, 0) is 36.2 Å². The normalized spacial score (nSPS) is 10.7. The maximum absolute atomic E-state index is 5.85. The van der Waals surface area contributed by atoms with Crippen molar-refractivity contribution in [3.63, 3.8) is 0 Å². The Hall–Kier alpha value is -2.68. The second kappa shape index (κ2) is 5.37. The van der Waals surface area contributed by atoms with Gasteiger partial charge in [0.1, 0.15) is 0 Å². The molecule has 0 aliphatic carbocycles. The Morgan fingerprint density at radius 2 is 2.10 bits per heavy atom. The minimum Gasteiger partial charge on any atom is -0.399 e. The van der Waals surface area contributed by atoms with Crippen LogP contribution in [0.25, 0.3) is 16.6 Å². The Bertz CT molecular complexity index is 799. The molecule has 0 amide bonds. The first kappa shape index (κ1) is 13.3. The molecule has 0 saturated carbocycles. The molecule has 2 aromatic carbocycles. The second-order valence-electron chi connectivity index (χ2n) is 5.12. The van der Waals surface area contributed by atoms with E-state index < -0.39 is 0 Å². The van der Waals surface area contributed by atoms with Gasteiger partial charge in [-0.25, -0.2) is 0 Å². The number of aryl methyl sites for hydroxylation is 1. The third-order valence-corrected chi connectivity index (χ3v) is 3.71. The zero-order valence-electron chi connectivity index (χ0n) is 12.1. The molecule has 0 unspecified atom stereocenters. The van der Waals surface area contributed by atoms with Gasteiger partial charge in [0.05, 0.1) is 5.52 Å². The summed E-state index contributed by atoms with van der Waals surface area (Å²) in [5.74, 6) is 0. The molecule has 0 aliphatic heterocycles. The maximum atomic E-state index is 5.85. The second-order valence-corrected chi connectivity index (χ2v) is 5.12. The highest BCUT2D eigenvalue weighted by Crippen LogP contribution is 2.27. The molecular formula is C18H19N3. The van der Waals surface area contributed by atoms with Crippen LogP contribution in [0.1, 0.15) is 18.1 Å². The van der Waals surface area contributed by atoms with Crippen molar-refractivity contribution in [1.82, 2.24) is 4.98 Å². The van der Waals surface area contributed by atoms with Crippen LogP contribution in [0.3, 0.4) is 0 Å². The number of para-hydroxylation sites is 1. The number of H-pyrrole nitrogens is 1. The molecule has 0 spiro atoms. The summed E-state index contributed by atoms with van der Waals surface area (Å²) in [4.78, 5) is 3.27. The number of nitrogen functional groups attached to an aromatic ring is 1. The van der Waals surface area contributed by atoms with Crippen LogP contribution >= 0.6 is 0 Å². The van der Waals surface area contributed by atoms with E-state index in [9.17, 15) is 0 Å². The highest BCUT2D eigenvalue weighted by atomic mass is 14.9. The van der Waals surface area contributed by atoms with Gasteiger partial charge in [0, 0.05) is 34.2 Å². The molecule has 0 aliphatic rings. The van der Waals surface area contributed by atoms with Gasteiger partial charge in [-0.2, -0.15) is 0 Å². The third-order valence-electron chi connectivity index (χ3n) is 3.71. The van der Waals surface area contributed by atoms with E-state index in [-0.39, 0.29) is 0 Å². The number of hydrogen-bond donors (Lipinski definition) is 3. The van der Waals surface area contributed by atoms with Crippen molar-refractivity contribution >= 4 is 28.0 Å². The molecule has 0 saturated heterocycles. The Morgan fingerprint density at radius 3 is 2.90 bits per heavy atom.